The number of aliphatic hydroxyl groups excluding tert-OH is 1. The van der Waals surface area contributed by atoms with Crippen LogP contribution >= 0.6 is 0 Å². The zero-order valence-electron chi connectivity index (χ0n) is 14.6. The van der Waals surface area contributed by atoms with Gasteiger partial charge in [-0.05, 0) is 54.3 Å². The van der Waals surface area contributed by atoms with Crippen molar-refractivity contribution in [1.29, 1.82) is 0 Å². The van der Waals surface area contributed by atoms with Gasteiger partial charge in [-0.1, -0.05) is 51.7 Å². The summed E-state index contributed by atoms with van der Waals surface area (Å²) in [6.45, 7) is 4.49. The van der Waals surface area contributed by atoms with Crippen molar-refractivity contribution >= 4 is 0 Å². The second-order valence-electron chi connectivity index (χ2n) is 6.38. The van der Waals surface area contributed by atoms with Crippen LogP contribution in [0.2, 0.25) is 0 Å². The molecule has 2 atom stereocenters. The average Bonchev–Trinajstić information content (AvgIpc) is 2.59. The lowest BCUT2D eigenvalue weighted by atomic mass is 9.95. The first-order chi connectivity index (χ1) is 11.6. The van der Waals surface area contributed by atoms with E-state index in [1.807, 2.05) is 12.1 Å². The number of aliphatic hydroxyl groups is 1. The second-order valence-corrected chi connectivity index (χ2v) is 6.38. The quantitative estimate of drug-likeness (QED) is 0.469. The van der Waals surface area contributed by atoms with E-state index in [4.69, 9.17) is 4.74 Å². The normalized spacial score (nSPS) is 13.5. The van der Waals surface area contributed by atoms with E-state index in [0.29, 0.717) is 17.2 Å². The Bertz CT molecular complexity index is 589. The van der Waals surface area contributed by atoms with Crippen LogP contribution in [0.4, 0.5) is 0 Å². The number of rotatable bonds is 9. The third kappa shape index (κ3) is 5.57. The van der Waals surface area contributed by atoms with Crippen molar-refractivity contribution in [2.75, 3.05) is 0 Å². The van der Waals surface area contributed by atoms with E-state index in [0.717, 1.165) is 0 Å². The Balaban J connectivity index is 1.88. The fourth-order valence-corrected chi connectivity index (χ4v) is 2.75. The first-order valence-corrected chi connectivity index (χ1v) is 8.83. The molecule has 130 valence electrons. The maximum atomic E-state index is 10.1. The van der Waals surface area contributed by atoms with Crippen molar-refractivity contribution in [2.45, 2.75) is 58.2 Å². The third-order valence-electron chi connectivity index (χ3n) is 4.37. The van der Waals surface area contributed by atoms with Gasteiger partial charge < -0.3 is 14.9 Å². The third-order valence-corrected chi connectivity index (χ3v) is 4.37. The number of phenolic OH excluding ortho intramolecular Hbond substituents is 1. The molecule has 0 saturated heterocycles. The zero-order valence-corrected chi connectivity index (χ0v) is 14.6. The average molecular weight is 328 g/mol. The first kappa shape index (κ1) is 18.3. The lowest BCUT2D eigenvalue weighted by molar-refractivity contribution is -0.0194. The topological polar surface area (TPSA) is 49.7 Å². The van der Waals surface area contributed by atoms with E-state index in [1.54, 1.807) is 12.1 Å². The summed E-state index contributed by atoms with van der Waals surface area (Å²) in [5.74, 6) is 1.35. The molecule has 2 N–H and O–H groups in total. The van der Waals surface area contributed by atoms with Crippen molar-refractivity contribution in [2.24, 2.45) is 0 Å². The molecule has 24 heavy (non-hydrogen) atoms. The number of unbranched alkanes of at least 4 members (excludes halogenated alkanes) is 3. The summed E-state index contributed by atoms with van der Waals surface area (Å²) in [6, 6.07) is 14.3. The van der Waals surface area contributed by atoms with Crippen molar-refractivity contribution < 1.29 is 14.9 Å². The lowest BCUT2D eigenvalue weighted by Crippen LogP contribution is -2.06. The highest BCUT2D eigenvalue weighted by molar-refractivity contribution is 5.31. The molecule has 3 heteroatoms. The molecule has 2 aromatic carbocycles. The number of hydrogen-bond acceptors (Lipinski definition) is 3. The molecule has 0 aromatic heterocycles. The van der Waals surface area contributed by atoms with Crippen molar-refractivity contribution in [3.05, 3.63) is 59.7 Å². The lowest BCUT2D eigenvalue weighted by Gasteiger charge is -2.16. The number of aromatic hydroxyl groups is 1. The van der Waals surface area contributed by atoms with Crippen LogP contribution in [0, 0.1) is 0 Å². The molecule has 0 bridgehead atoms. The summed E-state index contributed by atoms with van der Waals surface area (Å²) >= 11 is 0. The van der Waals surface area contributed by atoms with Crippen LogP contribution in [-0.4, -0.2) is 10.2 Å². The Morgan fingerprint density at radius 2 is 1.50 bits per heavy atom. The maximum absolute atomic E-state index is 10.1. The van der Waals surface area contributed by atoms with Gasteiger partial charge in [0.2, 0.25) is 6.29 Å². The van der Waals surface area contributed by atoms with Crippen LogP contribution in [0.15, 0.2) is 48.5 Å². The van der Waals surface area contributed by atoms with E-state index in [2.05, 4.69) is 26.0 Å². The predicted octanol–water partition coefficient (Wildman–Crippen LogP) is 5.54. The predicted molar refractivity (Wildman–Crippen MR) is 97.3 cm³/mol. The zero-order chi connectivity index (χ0) is 17.4. The Kier molecular flexibility index (Phi) is 7.13. The molecule has 2 unspecified atom stereocenters. The van der Waals surface area contributed by atoms with Crippen molar-refractivity contribution in [3.8, 4) is 11.5 Å². The number of ether oxygens (including phenoxy) is 1. The SMILES string of the molecule is CCCCCCC(C)c1ccc(OC(O)c2ccc(O)cc2)cc1. The summed E-state index contributed by atoms with van der Waals surface area (Å²) < 4.78 is 5.56. The molecule has 0 aliphatic rings. The van der Waals surface area contributed by atoms with Gasteiger partial charge in [0.15, 0.2) is 0 Å². The monoisotopic (exact) mass is 328 g/mol. The van der Waals surface area contributed by atoms with Crippen LogP contribution in [0.5, 0.6) is 11.5 Å². The second kappa shape index (κ2) is 9.33. The molecule has 0 radical (unpaired) electrons. The highest BCUT2D eigenvalue weighted by Crippen LogP contribution is 2.26. The molecule has 3 nitrogen and oxygen atoms in total. The molecule has 0 amide bonds. The van der Waals surface area contributed by atoms with Crippen LogP contribution in [0.3, 0.4) is 0 Å². The van der Waals surface area contributed by atoms with Gasteiger partial charge in [0, 0.05) is 5.56 Å². The Morgan fingerprint density at radius 1 is 0.875 bits per heavy atom. The van der Waals surface area contributed by atoms with Crippen LogP contribution < -0.4 is 4.74 Å². The highest BCUT2D eigenvalue weighted by Gasteiger charge is 2.10. The Labute approximate surface area is 144 Å². The minimum absolute atomic E-state index is 0.170. The van der Waals surface area contributed by atoms with Gasteiger partial charge in [-0.25, -0.2) is 0 Å². The van der Waals surface area contributed by atoms with Gasteiger partial charge in [0.25, 0.3) is 0 Å². The summed E-state index contributed by atoms with van der Waals surface area (Å²) in [4.78, 5) is 0. The number of benzene rings is 2. The summed E-state index contributed by atoms with van der Waals surface area (Å²) in [5, 5.41) is 19.4. The smallest absolute Gasteiger partial charge is 0.224 e. The molecule has 0 heterocycles. The Morgan fingerprint density at radius 3 is 2.12 bits per heavy atom. The minimum Gasteiger partial charge on any atom is -0.508 e. The maximum Gasteiger partial charge on any atom is 0.224 e. The van der Waals surface area contributed by atoms with Gasteiger partial charge >= 0.3 is 0 Å². The molecule has 2 rings (SSSR count). The van der Waals surface area contributed by atoms with Crippen molar-refractivity contribution in [1.82, 2.24) is 0 Å². The van der Waals surface area contributed by atoms with Crippen molar-refractivity contribution in [3.63, 3.8) is 0 Å². The highest BCUT2D eigenvalue weighted by atomic mass is 16.6. The summed E-state index contributed by atoms with van der Waals surface area (Å²) in [6.07, 6.45) is 5.32. The van der Waals surface area contributed by atoms with Gasteiger partial charge in [0.05, 0.1) is 0 Å². The standard InChI is InChI=1S/C21H28O3/c1-3-4-5-6-7-16(2)17-10-14-20(15-11-17)24-21(23)18-8-12-19(22)13-9-18/h8-16,21-23H,3-7H2,1-2H3. The molecule has 0 saturated carbocycles. The van der Waals surface area contributed by atoms with E-state index >= 15 is 0 Å². The Hall–Kier alpha value is -2.00. The summed E-state index contributed by atoms with van der Waals surface area (Å²) in [7, 11) is 0. The number of phenols is 1. The van der Waals surface area contributed by atoms with E-state index in [-0.39, 0.29) is 5.75 Å². The van der Waals surface area contributed by atoms with Gasteiger partial charge in [0.1, 0.15) is 11.5 Å². The molecule has 0 aliphatic heterocycles. The minimum atomic E-state index is -1.04. The van der Waals surface area contributed by atoms with Crippen LogP contribution in [0.1, 0.15) is 69.3 Å². The largest absolute Gasteiger partial charge is 0.508 e. The fraction of sp³-hybridized carbons (Fsp3) is 0.429. The molecule has 0 aliphatic carbocycles. The van der Waals surface area contributed by atoms with E-state index in [9.17, 15) is 10.2 Å². The van der Waals surface area contributed by atoms with E-state index in [1.165, 1.54) is 49.8 Å². The molecular weight excluding hydrogens is 300 g/mol. The molecular formula is C21H28O3. The fourth-order valence-electron chi connectivity index (χ4n) is 2.75. The van der Waals surface area contributed by atoms with E-state index < -0.39 is 6.29 Å². The number of hydrogen-bond donors (Lipinski definition) is 2. The molecule has 0 spiro atoms. The molecule has 2 aromatic rings. The van der Waals surface area contributed by atoms with Gasteiger partial charge in [-0.2, -0.15) is 0 Å². The molecule has 0 fully saturated rings. The summed E-state index contributed by atoms with van der Waals surface area (Å²) in [5.41, 5.74) is 1.92. The first-order valence-electron chi connectivity index (χ1n) is 8.83. The van der Waals surface area contributed by atoms with Crippen LogP contribution in [0.25, 0.3) is 0 Å². The van der Waals surface area contributed by atoms with Gasteiger partial charge in [-0.3, -0.25) is 0 Å². The van der Waals surface area contributed by atoms with Gasteiger partial charge in [-0.15, -0.1) is 0 Å². The van der Waals surface area contributed by atoms with Crippen LogP contribution in [-0.2, 0) is 0 Å².